The highest BCUT2D eigenvalue weighted by atomic mass is 35.5. The highest BCUT2D eigenvalue weighted by Gasteiger charge is 2.40. The molecule has 2 fully saturated rings. The van der Waals surface area contributed by atoms with Gasteiger partial charge in [0.2, 0.25) is 0 Å². The number of nitro groups is 2. The fraction of sp³-hybridized carbons (Fsp3) is 0.333. The third-order valence-electron chi connectivity index (χ3n) is 7.60. The Labute approximate surface area is 241 Å². The van der Waals surface area contributed by atoms with Gasteiger partial charge >= 0.3 is 0 Å². The number of hydrogen-bond donors (Lipinski definition) is 0. The van der Waals surface area contributed by atoms with Crippen molar-refractivity contribution in [3.05, 3.63) is 101 Å². The van der Waals surface area contributed by atoms with Crippen LogP contribution in [0.25, 0.3) is 0 Å². The molecule has 0 N–H and O–H groups in total. The van der Waals surface area contributed by atoms with E-state index in [1.807, 2.05) is 0 Å². The average Bonchev–Trinajstić information content (AvgIpc) is 3.33. The number of nitrogens with zero attached hydrogens (tertiary/aromatic N) is 4. The predicted octanol–water partition coefficient (Wildman–Crippen LogP) is 8.44. The van der Waals surface area contributed by atoms with Crippen LogP contribution < -0.4 is 9.80 Å². The van der Waals surface area contributed by atoms with E-state index in [1.54, 1.807) is 4.90 Å². The molecule has 0 spiro atoms. The van der Waals surface area contributed by atoms with E-state index >= 15 is 17.6 Å². The number of nitro benzene ring substituents is 2. The first-order chi connectivity index (χ1) is 19.5. The third kappa shape index (κ3) is 5.38. The van der Waals surface area contributed by atoms with Crippen LogP contribution in [0.2, 0.25) is 10.0 Å². The summed E-state index contributed by atoms with van der Waals surface area (Å²) in [4.78, 5) is 24.4. The SMILES string of the molecule is O=[N+]([O-])c1cc([C@H]2CC[C@H](c3cc([N+](=O)[O-])c(Cl)cc3F)N2c2cc(F)c(N3CCCCC3)c(F)c2)c(F)cc1Cl. The number of halogens is 6. The zero-order chi connectivity index (χ0) is 29.6. The van der Waals surface area contributed by atoms with Crippen molar-refractivity contribution >= 4 is 46.0 Å². The van der Waals surface area contributed by atoms with Crippen molar-refractivity contribution in [1.29, 1.82) is 0 Å². The molecule has 41 heavy (non-hydrogen) atoms. The monoisotopic (exact) mass is 612 g/mol. The molecule has 2 heterocycles. The molecule has 2 saturated heterocycles. The molecule has 3 aromatic rings. The van der Waals surface area contributed by atoms with Crippen molar-refractivity contribution < 1.29 is 27.4 Å². The second kappa shape index (κ2) is 11.3. The fourth-order valence-electron chi connectivity index (χ4n) is 5.80. The van der Waals surface area contributed by atoms with Gasteiger partial charge in [0.15, 0.2) is 11.6 Å². The molecular weight excluding hydrogens is 591 g/mol. The zero-order valence-corrected chi connectivity index (χ0v) is 22.8. The van der Waals surface area contributed by atoms with Gasteiger partial charge in [-0.3, -0.25) is 20.2 Å². The third-order valence-corrected chi connectivity index (χ3v) is 8.21. The van der Waals surface area contributed by atoms with Crippen molar-refractivity contribution in [2.45, 2.75) is 44.2 Å². The molecule has 5 rings (SSSR count). The summed E-state index contributed by atoms with van der Waals surface area (Å²) in [5.41, 5.74) is -1.89. The molecule has 2 aliphatic rings. The molecule has 14 heteroatoms. The lowest BCUT2D eigenvalue weighted by molar-refractivity contribution is -0.384. The maximum absolute atomic E-state index is 15.5. The number of rotatable bonds is 6. The largest absolute Gasteiger partial charge is 0.367 e. The standard InChI is InChI=1S/C27H22Cl2F4N4O4/c28-17-12-19(30)15(10-25(17)36(38)39)23-4-5-24(16-11-26(37(40)41)18(29)13-20(16)31)35(23)14-8-21(32)27(22(33)9-14)34-6-2-1-3-7-34/h8-13,23-24H,1-7H2/t23-,24-/m1/s1. The normalized spacial score (nSPS) is 19.1. The summed E-state index contributed by atoms with van der Waals surface area (Å²) in [5, 5.41) is 22.2. The van der Waals surface area contributed by atoms with Crippen molar-refractivity contribution in [3.63, 3.8) is 0 Å². The summed E-state index contributed by atoms with van der Waals surface area (Å²) in [6.45, 7) is 0.920. The van der Waals surface area contributed by atoms with Crippen LogP contribution in [0, 0.1) is 43.5 Å². The Morgan fingerprint density at radius 2 is 1.12 bits per heavy atom. The van der Waals surface area contributed by atoms with Crippen LogP contribution in [0.1, 0.15) is 55.3 Å². The van der Waals surface area contributed by atoms with E-state index in [-0.39, 0.29) is 35.3 Å². The van der Waals surface area contributed by atoms with Gasteiger partial charge in [-0.2, -0.15) is 0 Å². The van der Waals surface area contributed by atoms with Crippen LogP contribution in [0.4, 0.5) is 40.3 Å². The molecule has 0 bridgehead atoms. The van der Waals surface area contributed by atoms with Crippen LogP contribution >= 0.6 is 23.2 Å². The quantitative estimate of drug-likeness (QED) is 0.157. The molecule has 0 saturated carbocycles. The lowest BCUT2D eigenvalue weighted by atomic mass is 10.0. The lowest BCUT2D eigenvalue weighted by Gasteiger charge is -2.35. The first-order valence-electron chi connectivity index (χ1n) is 12.8. The number of anilines is 2. The Morgan fingerprint density at radius 1 is 0.683 bits per heavy atom. The van der Waals surface area contributed by atoms with Gasteiger partial charge in [0.25, 0.3) is 11.4 Å². The summed E-state index contributed by atoms with van der Waals surface area (Å²) in [6.07, 6.45) is 2.59. The Hall–Kier alpha value is -3.64. The number of benzene rings is 3. The van der Waals surface area contributed by atoms with Crippen molar-refractivity contribution in [1.82, 2.24) is 0 Å². The van der Waals surface area contributed by atoms with Gasteiger partial charge in [-0.25, -0.2) is 17.6 Å². The summed E-state index contributed by atoms with van der Waals surface area (Å²) >= 11 is 11.7. The van der Waals surface area contributed by atoms with E-state index in [4.69, 9.17) is 23.2 Å². The van der Waals surface area contributed by atoms with Gasteiger partial charge in [0.1, 0.15) is 27.4 Å². The molecule has 2 aliphatic heterocycles. The predicted molar refractivity (Wildman–Crippen MR) is 146 cm³/mol. The van der Waals surface area contributed by atoms with Crippen LogP contribution in [0.5, 0.6) is 0 Å². The molecule has 2 atom stereocenters. The highest BCUT2D eigenvalue weighted by Crippen LogP contribution is 2.50. The maximum atomic E-state index is 15.5. The molecule has 0 amide bonds. The van der Waals surface area contributed by atoms with Gasteiger partial charge in [-0.05, 0) is 56.4 Å². The minimum Gasteiger partial charge on any atom is -0.367 e. The smallest absolute Gasteiger partial charge is 0.288 e. The first-order valence-corrected chi connectivity index (χ1v) is 13.5. The second-order valence-electron chi connectivity index (χ2n) is 9.99. The van der Waals surface area contributed by atoms with E-state index in [0.29, 0.717) is 13.1 Å². The molecular formula is C27H22Cl2F4N4O4. The summed E-state index contributed by atoms with van der Waals surface area (Å²) in [6, 6.07) is 3.38. The topological polar surface area (TPSA) is 92.8 Å². The minimum absolute atomic E-state index is 0.0628. The number of piperidine rings is 1. The summed E-state index contributed by atoms with van der Waals surface area (Å²) in [5.74, 6) is -3.61. The van der Waals surface area contributed by atoms with E-state index in [0.717, 1.165) is 55.7 Å². The van der Waals surface area contributed by atoms with Crippen LogP contribution in [-0.4, -0.2) is 22.9 Å². The fourth-order valence-corrected chi connectivity index (χ4v) is 6.24. The molecule has 216 valence electrons. The van der Waals surface area contributed by atoms with Crippen LogP contribution in [0.3, 0.4) is 0 Å². The molecule has 0 unspecified atom stereocenters. The van der Waals surface area contributed by atoms with E-state index in [9.17, 15) is 20.2 Å². The Kier molecular flexibility index (Phi) is 7.97. The first kappa shape index (κ1) is 28.9. The van der Waals surface area contributed by atoms with E-state index in [2.05, 4.69) is 0 Å². The Balaban J connectivity index is 1.68. The van der Waals surface area contributed by atoms with Gasteiger partial charge in [-0.1, -0.05) is 23.2 Å². The lowest BCUT2D eigenvalue weighted by Crippen LogP contribution is -2.32. The number of hydrogen-bond acceptors (Lipinski definition) is 6. The van der Waals surface area contributed by atoms with Gasteiger partial charge in [0.05, 0.1) is 21.9 Å². The summed E-state index contributed by atoms with van der Waals surface area (Å²) in [7, 11) is 0. The maximum Gasteiger partial charge on any atom is 0.288 e. The van der Waals surface area contributed by atoms with E-state index < -0.39 is 66.6 Å². The molecule has 3 aromatic carbocycles. The summed E-state index contributed by atoms with van der Waals surface area (Å²) < 4.78 is 61.6. The minimum atomic E-state index is -1.07. The van der Waals surface area contributed by atoms with Crippen LogP contribution in [0.15, 0.2) is 36.4 Å². The Morgan fingerprint density at radius 3 is 1.54 bits per heavy atom. The van der Waals surface area contributed by atoms with Gasteiger partial charge in [0, 0.05) is 42.0 Å². The van der Waals surface area contributed by atoms with Crippen molar-refractivity contribution in [2.75, 3.05) is 22.9 Å². The van der Waals surface area contributed by atoms with Gasteiger partial charge in [-0.15, -0.1) is 0 Å². The van der Waals surface area contributed by atoms with E-state index in [1.165, 1.54) is 4.90 Å². The van der Waals surface area contributed by atoms with Crippen molar-refractivity contribution in [3.8, 4) is 0 Å². The molecule has 8 nitrogen and oxygen atoms in total. The molecule has 0 aromatic heterocycles. The Bertz CT molecular complexity index is 1450. The molecule has 0 aliphatic carbocycles. The van der Waals surface area contributed by atoms with Crippen molar-refractivity contribution in [2.24, 2.45) is 0 Å². The zero-order valence-electron chi connectivity index (χ0n) is 21.3. The van der Waals surface area contributed by atoms with Gasteiger partial charge < -0.3 is 9.80 Å². The average molecular weight is 613 g/mol. The second-order valence-corrected chi connectivity index (χ2v) is 10.8. The van der Waals surface area contributed by atoms with Crippen LogP contribution in [-0.2, 0) is 0 Å². The highest BCUT2D eigenvalue weighted by molar-refractivity contribution is 6.33. The molecule has 0 radical (unpaired) electrons.